The number of carbonyl (C=O) groups is 1. The second kappa shape index (κ2) is 9.04. The van der Waals surface area contributed by atoms with E-state index in [1.165, 1.54) is 0 Å². The predicted octanol–water partition coefficient (Wildman–Crippen LogP) is 1.63. The molecular weight excluding hydrogens is 354 g/mol. The van der Waals surface area contributed by atoms with Crippen molar-refractivity contribution in [3.63, 3.8) is 0 Å². The average Bonchev–Trinajstić information content (AvgIpc) is 2.70. The Labute approximate surface area is 160 Å². The van der Waals surface area contributed by atoms with Crippen LogP contribution < -0.4 is 10.1 Å². The van der Waals surface area contributed by atoms with Crippen LogP contribution in [0, 0.1) is 0 Å². The summed E-state index contributed by atoms with van der Waals surface area (Å²) in [6.45, 7) is 6.27. The van der Waals surface area contributed by atoms with Gasteiger partial charge in [-0.15, -0.1) is 0 Å². The molecule has 6 nitrogen and oxygen atoms in total. The maximum Gasteiger partial charge on any atom is 0.254 e. The van der Waals surface area contributed by atoms with Crippen molar-refractivity contribution in [1.82, 2.24) is 15.1 Å². The highest BCUT2D eigenvalue weighted by Crippen LogP contribution is 2.26. The van der Waals surface area contributed by atoms with Crippen molar-refractivity contribution < 1.29 is 14.3 Å². The Morgan fingerprint density at radius 2 is 1.88 bits per heavy atom. The lowest BCUT2D eigenvalue weighted by atomic mass is 9.90. The van der Waals surface area contributed by atoms with E-state index in [-0.39, 0.29) is 5.91 Å². The first-order valence-electron chi connectivity index (χ1n) is 9.29. The second-order valence-corrected chi connectivity index (χ2v) is 7.27. The van der Waals surface area contributed by atoms with Crippen LogP contribution in [0.25, 0.3) is 0 Å². The Morgan fingerprint density at radius 3 is 2.54 bits per heavy atom. The van der Waals surface area contributed by atoms with Gasteiger partial charge in [-0.05, 0) is 38.1 Å². The number of nitrogens with zero attached hydrogens (tertiary/aromatic N) is 2. The van der Waals surface area contributed by atoms with Gasteiger partial charge in [0.1, 0.15) is 18.0 Å². The van der Waals surface area contributed by atoms with Crippen LogP contribution in [-0.2, 0) is 9.53 Å². The summed E-state index contributed by atoms with van der Waals surface area (Å²) in [4.78, 5) is 17.2. The molecule has 1 N–H and O–H groups in total. The predicted molar refractivity (Wildman–Crippen MR) is 102 cm³/mol. The highest BCUT2D eigenvalue weighted by Gasteiger charge is 2.42. The number of rotatable bonds is 6. The number of hydrogen-bond donors (Lipinski definition) is 1. The molecule has 7 heteroatoms. The molecule has 2 heterocycles. The van der Waals surface area contributed by atoms with Crippen molar-refractivity contribution in [2.45, 2.75) is 18.4 Å². The molecule has 2 saturated heterocycles. The Bertz CT molecular complexity index is 599. The molecule has 2 fully saturated rings. The lowest BCUT2D eigenvalue weighted by molar-refractivity contribution is -0.160. The van der Waals surface area contributed by atoms with E-state index in [4.69, 9.17) is 21.1 Å². The molecule has 0 atom stereocenters. The highest BCUT2D eigenvalue weighted by atomic mass is 35.5. The molecule has 0 spiro atoms. The van der Waals surface area contributed by atoms with Crippen molar-refractivity contribution in [3.8, 4) is 5.75 Å². The van der Waals surface area contributed by atoms with Gasteiger partial charge in [-0.1, -0.05) is 23.7 Å². The Kier molecular flexibility index (Phi) is 6.75. The molecule has 0 bridgehead atoms. The third-order valence-electron chi connectivity index (χ3n) is 5.35. The van der Waals surface area contributed by atoms with E-state index in [1.54, 1.807) is 7.11 Å². The van der Waals surface area contributed by atoms with Gasteiger partial charge in [0.2, 0.25) is 0 Å². The van der Waals surface area contributed by atoms with Crippen LogP contribution in [-0.4, -0.2) is 80.8 Å². The zero-order chi connectivity index (χ0) is 18.4. The average molecular weight is 382 g/mol. The van der Waals surface area contributed by atoms with Crippen LogP contribution in [0.2, 0.25) is 5.02 Å². The van der Waals surface area contributed by atoms with E-state index in [2.05, 4.69) is 10.2 Å². The summed E-state index contributed by atoms with van der Waals surface area (Å²) < 4.78 is 11.4. The molecule has 0 saturated carbocycles. The molecule has 0 aromatic heterocycles. The number of para-hydroxylation sites is 1. The van der Waals surface area contributed by atoms with Crippen molar-refractivity contribution in [2.24, 2.45) is 0 Å². The van der Waals surface area contributed by atoms with Crippen LogP contribution in [0.4, 0.5) is 0 Å². The van der Waals surface area contributed by atoms with Crippen molar-refractivity contribution >= 4 is 17.5 Å². The molecule has 2 aliphatic heterocycles. The standard InChI is InChI=1S/C19H28ClN3O3/c1-25-19(6-8-21-9-7-19)18(24)23-12-10-22(11-13-23)14-15-26-17-5-3-2-4-16(17)20/h2-5,21H,6-15H2,1H3. The first kappa shape index (κ1) is 19.4. The minimum absolute atomic E-state index is 0.147. The number of methoxy groups -OCH3 is 1. The third kappa shape index (κ3) is 4.49. The molecule has 0 aliphatic carbocycles. The molecule has 144 valence electrons. The quantitative estimate of drug-likeness (QED) is 0.811. The summed E-state index contributed by atoms with van der Waals surface area (Å²) >= 11 is 6.10. The minimum Gasteiger partial charge on any atom is -0.491 e. The molecule has 1 aromatic rings. The van der Waals surface area contributed by atoms with Crippen LogP contribution in [0.3, 0.4) is 0 Å². The van der Waals surface area contributed by atoms with E-state index in [0.717, 1.165) is 64.4 Å². The smallest absolute Gasteiger partial charge is 0.254 e. The summed E-state index contributed by atoms with van der Waals surface area (Å²) in [5.74, 6) is 0.865. The topological polar surface area (TPSA) is 54.0 Å². The zero-order valence-electron chi connectivity index (χ0n) is 15.4. The summed E-state index contributed by atoms with van der Waals surface area (Å²) in [5.41, 5.74) is -0.638. The Hall–Kier alpha value is -1.34. The fraction of sp³-hybridized carbons (Fsp3) is 0.632. The molecule has 1 amide bonds. The summed E-state index contributed by atoms with van der Waals surface area (Å²) in [7, 11) is 1.66. The number of nitrogens with one attached hydrogen (secondary N) is 1. The van der Waals surface area contributed by atoms with E-state index in [0.29, 0.717) is 11.6 Å². The Balaban J connectivity index is 1.44. The molecule has 3 rings (SSSR count). The maximum absolute atomic E-state index is 13.0. The van der Waals surface area contributed by atoms with Gasteiger partial charge in [0.25, 0.3) is 5.91 Å². The first-order valence-corrected chi connectivity index (χ1v) is 9.67. The van der Waals surface area contributed by atoms with Gasteiger partial charge in [0.05, 0.1) is 5.02 Å². The summed E-state index contributed by atoms with van der Waals surface area (Å²) in [6.07, 6.45) is 1.49. The SMILES string of the molecule is COC1(C(=O)N2CCN(CCOc3ccccc3Cl)CC2)CCNCC1. The fourth-order valence-corrected chi connectivity index (χ4v) is 3.84. The first-order chi connectivity index (χ1) is 12.6. The van der Waals surface area contributed by atoms with E-state index < -0.39 is 5.60 Å². The van der Waals surface area contributed by atoms with Crippen molar-refractivity contribution in [2.75, 3.05) is 59.5 Å². The lowest BCUT2D eigenvalue weighted by Crippen LogP contribution is -2.59. The highest BCUT2D eigenvalue weighted by molar-refractivity contribution is 6.32. The number of piperidine rings is 1. The van der Waals surface area contributed by atoms with E-state index in [1.807, 2.05) is 29.2 Å². The number of carbonyl (C=O) groups excluding carboxylic acids is 1. The largest absolute Gasteiger partial charge is 0.491 e. The summed E-state index contributed by atoms with van der Waals surface area (Å²) in [6, 6.07) is 7.51. The van der Waals surface area contributed by atoms with E-state index >= 15 is 0 Å². The Morgan fingerprint density at radius 1 is 1.19 bits per heavy atom. The molecule has 2 aliphatic rings. The molecule has 0 unspecified atom stereocenters. The number of amides is 1. The number of piperazine rings is 1. The molecule has 0 radical (unpaired) electrons. The second-order valence-electron chi connectivity index (χ2n) is 6.86. The third-order valence-corrected chi connectivity index (χ3v) is 5.67. The molecular formula is C19H28ClN3O3. The summed E-state index contributed by atoms with van der Waals surface area (Å²) in [5, 5.41) is 3.93. The monoisotopic (exact) mass is 381 g/mol. The van der Waals surface area contributed by atoms with Gasteiger partial charge in [-0.3, -0.25) is 9.69 Å². The van der Waals surface area contributed by atoms with Crippen LogP contribution in [0.1, 0.15) is 12.8 Å². The van der Waals surface area contributed by atoms with Gasteiger partial charge >= 0.3 is 0 Å². The van der Waals surface area contributed by atoms with E-state index in [9.17, 15) is 4.79 Å². The zero-order valence-corrected chi connectivity index (χ0v) is 16.1. The van der Waals surface area contributed by atoms with Crippen LogP contribution >= 0.6 is 11.6 Å². The van der Waals surface area contributed by atoms with Crippen molar-refractivity contribution in [1.29, 1.82) is 0 Å². The number of benzene rings is 1. The van der Waals surface area contributed by atoms with Crippen LogP contribution in [0.5, 0.6) is 5.75 Å². The minimum atomic E-state index is -0.638. The number of halogens is 1. The lowest BCUT2D eigenvalue weighted by Gasteiger charge is -2.42. The normalized spacial score (nSPS) is 20.8. The molecule has 26 heavy (non-hydrogen) atoms. The molecule has 1 aromatic carbocycles. The fourth-order valence-electron chi connectivity index (χ4n) is 3.65. The van der Waals surface area contributed by atoms with Gasteiger partial charge in [-0.2, -0.15) is 0 Å². The van der Waals surface area contributed by atoms with Gasteiger partial charge in [-0.25, -0.2) is 0 Å². The number of ether oxygens (including phenoxy) is 2. The number of hydrogen-bond acceptors (Lipinski definition) is 5. The van der Waals surface area contributed by atoms with Crippen molar-refractivity contribution in [3.05, 3.63) is 29.3 Å². The van der Waals surface area contributed by atoms with Gasteiger partial charge in [0.15, 0.2) is 0 Å². The van der Waals surface area contributed by atoms with Gasteiger partial charge in [0, 0.05) is 39.8 Å². The van der Waals surface area contributed by atoms with Crippen LogP contribution in [0.15, 0.2) is 24.3 Å². The maximum atomic E-state index is 13.0. The van der Waals surface area contributed by atoms with Gasteiger partial charge < -0.3 is 19.7 Å².